The lowest BCUT2D eigenvalue weighted by atomic mass is 9.92. The first-order valence-corrected chi connectivity index (χ1v) is 7.54. The highest BCUT2D eigenvalue weighted by Gasteiger charge is 2.26. The molecule has 120 valence electrons. The van der Waals surface area contributed by atoms with E-state index in [1.165, 1.54) is 13.0 Å². The van der Waals surface area contributed by atoms with Gasteiger partial charge in [-0.15, -0.1) is 0 Å². The third-order valence-corrected chi connectivity index (χ3v) is 4.31. The molecule has 0 unspecified atom stereocenters. The fourth-order valence-electron chi connectivity index (χ4n) is 3.07. The van der Waals surface area contributed by atoms with Crippen molar-refractivity contribution in [1.29, 1.82) is 0 Å². The van der Waals surface area contributed by atoms with Crippen LogP contribution in [0.25, 0.3) is 0 Å². The summed E-state index contributed by atoms with van der Waals surface area (Å²) >= 11 is 0. The Hall–Kier alpha value is -2.70. The van der Waals surface area contributed by atoms with Gasteiger partial charge in [-0.25, -0.2) is 0 Å². The highest BCUT2D eigenvalue weighted by Crippen LogP contribution is 2.35. The van der Waals surface area contributed by atoms with Gasteiger partial charge in [0, 0.05) is 29.9 Å². The number of Topliss-reactive ketones (excluding diaryl/α,β-unsaturated/α-hetero) is 1. The van der Waals surface area contributed by atoms with Crippen LogP contribution in [0.1, 0.15) is 47.4 Å². The maximum Gasteiger partial charge on any atom is 0.293 e. The van der Waals surface area contributed by atoms with Crippen LogP contribution in [-0.4, -0.2) is 20.5 Å². The first-order valence-electron chi connectivity index (χ1n) is 7.54. The Labute approximate surface area is 133 Å². The minimum absolute atomic E-state index is 0.00525. The molecule has 0 radical (unpaired) electrons. The van der Waals surface area contributed by atoms with Crippen LogP contribution in [0, 0.1) is 10.1 Å². The van der Waals surface area contributed by atoms with E-state index in [1.807, 2.05) is 17.9 Å². The van der Waals surface area contributed by atoms with Gasteiger partial charge >= 0.3 is 0 Å². The fraction of sp³-hybridized carbons (Fsp3) is 0.375. The Balaban J connectivity index is 1.94. The number of nitrogens with one attached hydrogen (secondary N) is 1. The van der Waals surface area contributed by atoms with Crippen molar-refractivity contribution in [3.05, 3.63) is 51.3 Å². The number of aromatic nitrogens is 2. The van der Waals surface area contributed by atoms with Crippen molar-refractivity contribution in [2.45, 2.75) is 32.2 Å². The zero-order chi connectivity index (χ0) is 16.6. The molecule has 0 saturated carbocycles. The first-order chi connectivity index (χ1) is 11.0. The number of hydrogen-bond acceptors (Lipinski definition) is 5. The lowest BCUT2D eigenvalue weighted by Crippen LogP contribution is -2.18. The van der Waals surface area contributed by atoms with Crippen LogP contribution in [0.3, 0.4) is 0 Å². The third-order valence-electron chi connectivity index (χ3n) is 4.31. The Morgan fingerprint density at radius 3 is 2.96 bits per heavy atom. The Morgan fingerprint density at radius 1 is 1.48 bits per heavy atom. The molecule has 0 amide bonds. The van der Waals surface area contributed by atoms with Gasteiger partial charge in [0.05, 0.1) is 17.2 Å². The number of nitro benzene ring substituents is 1. The summed E-state index contributed by atoms with van der Waals surface area (Å²) < 4.78 is 1.86. The highest BCUT2D eigenvalue weighted by atomic mass is 16.6. The lowest BCUT2D eigenvalue weighted by Gasteiger charge is -2.24. The molecule has 2 aromatic rings. The van der Waals surface area contributed by atoms with Gasteiger partial charge in [0.2, 0.25) is 0 Å². The summed E-state index contributed by atoms with van der Waals surface area (Å²) in [7, 11) is 1.91. The predicted molar refractivity (Wildman–Crippen MR) is 85.6 cm³/mol. The molecule has 7 heteroatoms. The van der Waals surface area contributed by atoms with E-state index in [0.29, 0.717) is 11.3 Å². The number of benzene rings is 1. The largest absolute Gasteiger partial charge is 0.373 e. The molecule has 1 atom stereocenters. The van der Waals surface area contributed by atoms with Crippen molar-refractivity contribution in [3.63, 3.8) is 0 Å². The third kappa shape index (κ3) is 2.81. The van der Waals surface area contributed by atoms with Gasteiger partial charge in [0.15, 0.2) is 5.78 Å². The summed E-state index contributed by atoms with van der Waals surface area (Å²) in [4.78, 5) is 22.3. The minimum atomic E-state index is -0.457. The van der Waals surface area contributed by atoms with Gasteiger partial charge in [-0.05, 0) is 38.3 Å². The summed E-state index contributed by atoms with van der Waals surface area (Å²) in [6, 6.07) is 4.55. The van der Waals surface area contributed by atoms with Gasteiger partial charge in [-0.1, -0.05) is 0 Å². The van der Waals surface area contributed by atoms with Crippen LogP contribution < -0.4 is 5.32 Å². The van der Waals surface area contributed by atoms with Gasteiger partial charge in [-0.3, -0.25) is 19.6 Å². The standard InChI is InChI=1S/C16H18N4O3/c1-10(21)11-6-7-14(16(8-11)20(22)23)18-13-4-3-5-15-12(13)9-17-19(15)2/h6-9,13,18H,3-5H2,1-2H3/t13-/m1/s1. The zero-order valence-electron chi connectivity index (χ0n) is 13.1. The number of nitro groups is 1. The normalized spacial score (nSPS) is 16.7. The van der Waals surface area contributed by atoms with Crippen molar-refractivity contribution in [2.75, 3.05) is 5.32 Å². The quantitative estimate of drug-likeness (QED) is 0.532. The molecule has 3 rings (SSSR count). The van der Waals surface area contributed by atoms with Crippen LogP contribution in [0.5, 0.6) is 0 Å². The topological polar surface area (TPSA) is 90.1 Å². The molecule has 1 N–H and O–H groups in total. The maximum absolute atomic E-state index is 11.4. The second-order valence-electron chi connectivity index (χ2n) is 5.80. The molecule has 0 aliphatic heterocycles. The molecule has 0 saturated heterocycles. The summed E-state index contributed by atoms with van der Waals surface area (Å²) in [6.45, 7) is 1.40. The summed E-state index contributed by atoms with van der Waals surface area (Å²) in [5.41, 5.74) is 2.95. The summed E-state index contributed by atoms with van der Waals surface area (Å²) in [5, 5.41) is 18.9. The zero-order valence-corrected chi connectivity index (χ0v) is 13.1. The molecule has 1 aromatic carbocycles. The number of aryl methyl sites for hydroxylation is 1. The first kappa shape index (κ1) is 15.2. The number of carbonyl (C=O) groups is 1. The molecule has 7 nitrogen and oxygen atoms in total. The van der Waals surface area contributed by atoms with Crippen LogP contribution in [0.15, 0.2) is 24.4 Å². The lowest BCUT2D eigenvalue weighted by molar-refractivity contribution is -0.384. The van der Waals surface area contributed by atoms with Crippen LogP contribution in [0.4, 0.5) is 11.4 Å². The monoisotopic (exact) mass is 314 g/mol. The van der Waals surface area contributed by atoms with Gasteiger partial charge in [0.1, 0.15) is 5.69 Å². The van der Waals surface area contributed by atoms with Crippen LogP contribution in [0.2, 0.25) is 0 Å². The molecule has 23 heavy (non-hydrogen) atoms. The van der Waals surface area contributed by atoms with Crippen LogP contribution in [-0.2, 0) is 13.5 Å². The van der Waals surface area contributed by atoms with Gasteiger partial charge < -0.3 is 5.32 Å². The molecule has 0 fully saturated rings. The number of rotatable bonds is 4. The van der Waals surface area contributed by atoms with E-state index in [9.17, 15) is 14.9 Å². The maximum atomic E-state index is 11.4. The molecular weight excluding hydrogens is 296 g/mol. The number of ketones is 1. The van der Waals surface area contributed by atoms with E-state index in [4.69, 9.17) is 0 Å². The number of fused-ring (bicyclic) bond motifs is 1. The van der Waals surface area contributed by atoms with Crippen molar-refractivity contribution < 1.29 is 9.72 Å². The fourth-order valence-corrected chi connectivity index (χ4v) is 3.07. The Bertz CT molecular complexity index is 782. The summed E-state index contributed by atoms with van der Waals surface area (Å²) in [5.74, 6) is -0.188. The highest BCUT2D eigenvalue weighted by molar-refractivity contribution is 5.95. The Kier molecular flexibility index (Phi) is 3.85. The van der Waals surface area contributed by atoms with Crippen molar-refractivity contribution in [2.24, 2.45) is 7.05 Å². The molecule has 0 spiro atoms. The van der Waals surface area contributed by atoms with E-state index >= 15 is 0 Å². The second kappa shape index (κ2) is 5.83. The number of hydrogen-bond donors (Lipinski definition) is 1. The SMILES string of the molecule is CC(=O)c1ccc(N[C@@H]2CCCc3c2cnn3C)c([N+](=O)[O-])c1. The van der Waals surface area contributed by atoms with E-state index in [2.05, 4.69) is 10.4 Å². The average Bonchev–Trinajstić information content (AvgIpc) is 2.90. The molecule has 1 heterocycles. The molecule has 0 bridgehead atoms. The van der Waals surface area contributed by atoms with E-state index in [0.717, 1.165) is 30.5 Å². The average molecular weight is 314 g/mol. The van der Waals surface area contributed by atoms with Crippen molar-refractivity contribution >= 4 is 17.2 Å². The number of nitrogens with zero attached hydrogens (tertiary/aromatic N) is 3. The molecule has 1 aromatic heterocycles. The van der Waals surface area contributed by atoms with Crippen molar-refractivity contribution in [3.8, 4) is 0 Å². The number of anilines is 1. The van der Waals surface area contributed by atoms with Gasteiger partial charge in [0.25, 0.3) is 5.69 Å². The second-order valence-corrected chi connectivity index (χ2v) is 5.80. The molecule has 1 aliphatic rings. The minimum Gasteiger partial charge on any atom is -0.373 e. The number of carbonyl (C=O) groups excluding carboxylic acids is 1. The molecular formula is C16H18N4O3. The summed E-state index contributed by atoms with van der Waals surface area (Å²) in [6.07, 6.45) is 4.69. The van der Waals surface area contributed by atoms with Gasteiger partial charge in [-0.2, -0.15) is 5.10 Å². The van der Waals surface area contributed by atoms with E-state index in [-0.39, 0.29) is 17.5 Å². The molecule has 1 aliphatic carbocycles. The van der Waals surface area contributed by atoms with E-state index < -0.39 is 4.92 Å². The van der Waals surface area contributed by atoms with E-state index in [1.54, 1.807) is 12.1 Å². The smallest absolute Gasteiger partial charge is 0.293 e. The van der Waals surface area contributed by atoms with Crippen LogP contribution >= 0.6 is 0 Å². The Morgan fingerprint density at radius 2 is 2.26 bits per heavy atom. The predicted octanol–water partition coefficient (Wildman–Crippen LogP) is 3.02. The van der Waals surface area contributed by atoms with Crippen molar-refractivity contribution in [1.82, 2.24) is 9.78 Å².